The van der Waals surface area contributed by atoms with E-state index < -0.39 is 0 Å². The Morgan fingerprint density at radius 3 is 2.55 bits per heavy atom. The average Bonchev–Trinajstić information content (AvgIpc) is 3.33. The van der Waals surface area contributed by atoms with E-state index >= 15 is 0 Å². The largest absolute Gasteiger partial charge is 0.313 e. The van der Waals surface area contributed by atoms with Gasteiger partial charge in [0.05, 0.1) is 11.6 Å². The Balaban J connectivity index is 1.60. The van der Waals surface area contributed by atoms with Crippen LogP contribution < -0.4 is 5.32 Å². The molecule has 1 aliphatic carbocycles. The fraction of sp³-hybridized carbons (Fsp3) is 0.588. The normalized spacial score (nSPS) is 22.7. The predicted octanol–water partition coefficient (Wildman–Crippen LogP) is 2.66. The molecule has 0 aromatic heterocycles. The van der Waals surface area contributed by atoms with Crippen LogP contribution in [-0.4, -0.2) is 30.1 Å². The molecule has 1 unspecified atom stereocenters. The van der Waals surface area contributed by atoms with Crippen molar-refractivity contribution in [2.75, 3.05) is 13.1 Å². The van der Waals surface area contributed by atoms with Gasteiger partial charge in [-0.15, -0.1) is 0 Å². The summed E-state index contributed by atoms with van der Waals surface area (Å²) in [4.78, 5) is 2.63. The highest BCUT2D eigenvalue weighted by Gasteiger charge is 2.30. The third-order valence-corrected chi connectivity index (χ3v) is 4.40. The molecule has 106 valence electrons. The Hall–Kier alpha value is -1.37. The molecular weight excluding hydrogens is 246 g/mol. The number of rotatable bonds is 5. The molecule has 2 aliphatic rings. The lowest BCUT2D eigenvalue weighted by Gasteiger charge is -2.30. The van der Waals surface area contributed by atoms with Gasteiger partial charge in [0.1, 0.15) is 0 Å². The summed E-state index contributed by atoms with van der Waals surface area (Å²) in [6, 6.07) is 11.7. The SMILES string of the molecule is N#Cc1ccc(CN(CC2CCCCN2)C2CC2)cc1. The highest BCUT2D eigenvalue weighted by Crippen LogP contribution is 2.29. The molecule has 0 bridgehead atoms. The van der Waals surface area contributed by atoms with Gasteiger partial charge in [-0.1, -0.05) is 18.6 Å². The topological polar surface area (TPSA) is 39.1 Å². The van der Waals surface area contributed by atoms with Gasteiger partial charge in [0, 0.05) is 25.2 Å². The van der Waals surface area contributed by atoms with E-state index in [0.717, 1.165) is 18.2 Å². The van der Waals surface area contributed by atoms with E-state index in [2.05, 4.69) is 28.4 Å². The fourth-order valence-electron chi connectivity index (χ4n) is 3.06. The molecule has 1 saturated heterocycles. The Morgan fingerprint density at radius 2 is 1.95 bits per heavy atom. The van der Waals surface area contributed by atoms with Crippen molar-refractivity contribution in [3.05, 3.63) is 35.4 Å². The Kier molecular flexibility index (Phi) is 4.34. The summed E-state index contributed by atoms with van der Waals surface area (Å²) >= 11 is 0. The maximum Gasteiger partial charge on any atom is 0.0991 e. The van der Waals surface area contributed by atoms with Gasteiger partial charge in [0.2, 0.25) is 0 Å². The average molecular weight is 269 g/mol. The standard InChI is InChI=1S/C17H23N3/c18-11-14-4-6-15(7-5-14)12-20(17-8-9-17)13-16-3-1-2-10-19-16/h4-7,16-17,19H,1-3,8-10,12-13H2. The zero-order chi connectivity index (χ0) is 13.8. The number of hydrogen-bond donors (Lipinski definition) is 1. The summed E-state index contributed by atoms with van der Waals surface area (Å²) in [6.45, 7) is 3.37. The number of nitriles is 1. The van der Waals surface area contributed by atoms with E-state index in [0.29, 0.717) is 6.04 Å². The minimum absolute atomic E-state index is 0.669. The van der Waals surface area contributed by atoms with Crippen LogP contribution in [-0.2, 0) is 6.54 Å². The first-order valence-electron chi connectivity index (χ1n) is 7.81. The number of benzene rings is 1. The van der Waals surface area contributed by atoms with Crippen molar-refractivity contribution in [2.24, 2.45) is 0 Å². The van der Waals surface area contributed by atoms with E-state index in [4.69, 9.17) is 5.26 Å². The molecule has 0 radical (unpaired) electrons. The highest BCUT2D eigenvalue weighted by atomic mass is 15.2. The third-order valence-electron chi connectivity index (χ3n) is 4.40. The molecule has 1 atom stereocenters. The third kappa shape index (κ3) is 3.59. The van der Waals surface area contributed by atoms with Crippen LogP contribution >= 0.6 is 0 Å². The van der Waals surface area contributed by atoms with Gasteiger partial charge in [0.25, 0.3) is 0 Å². The van der Waals surface area contributed by atoms with Crippen LogP contribution in [0.3, 0.4) is 0 Å². The van der Waals surface area contributed by atoms with Crippen LogP contribution in [0, 0.1) is 11.3 Å². The summed E-state index contributed by atoms with van der Waals surface area (Å²) in [6.07, 6.45) is 6.71. The smallest absolute Gasteiger partial charge is 0.0991 e. The van der Waals surface area contributed by atoms with Crippen molar-refractivity contribution in [3.8, 4) is 6.07 Å². The fourth-order valence-corrected chi connectivity index (χ4v) is 3.06. The van der Waals surface area contributed by atoms with Gasteiger partial charge >= 0.3 is 0 Å². The number of piperidine rings is 1. The van der Waals surface area contributed by atoms with Crippen LogP contribution in [0.1, 0.15) is 43.2 Å². The highest BCUT2D eigenvalue weighted by molar-refractivity contribution is 5.31. The summed E-state index contributed by atoms with van der Waals surface area (Å²) in [5.41, 5.74) is 2.08. The quantitative estimate of drug-likeness (QED) is 0.893. The molecule has 1 aromatic carbocycles. The minimum Gasteiger partial charge on any atom is -0.313 e. The van der Waals surface area contributed by atoms with Gasteiger partial charge in [-0.05, 0) is 49.9 Å². The molecule has 3 rings (SSSR count). The summed E-state index contributed by atoms with van der Waals surface area (Å²) in [5.74, 6) is 0. The molecule has 20 heavy (non-hydrogen) atoms. The lowest BCUT2D eigenvalue weighted by Crippen LogP contribution is -2.44. The van der Waals surface area contributed by atoms with Crippen molar-refractivity contribution in [3.63, 3.8) is 0 Å². The summed E-state index contributed by atoms with van der Waals surface area (Å²) in [7, 11) is 0. The minimum atomic E-state index is 0.669. The molecule has 3 heteroatoms. The molecule has 1 aliphatic heterocycles. The van der Waals surface area contributed by atoms with Crippen molar-refractivity contribution in [1.29, 1.82) is 5.26 Å². The molecule has 1 N–H and O–H groups in total. The van der Waals surface area contributed by atoms with Gasteiger partial charge in [-0.25, -0.2) is 0 Å². The van der Waals surface area contributed by atoms with Crippen LogP contribution in [0.25, 0.3) is 0 Å². The summed E-state index contributed by atoms with van der Waals surface area (Å²) < 4.78 is 0. The van der Waals surface area contributed by atoms with Gasteiger partial charge in [0.15, 0.2) is 0 Å². The lowest BCUT2D eigenvalue weighted by atomic mass is 10.0. The second-order valence-electron chi connectivity index (χ2n) is 6.12. The molecule has 0 amide bonds. The first-order valence-corrected chi connectivity index (χ1v) is 7.81. The van der Waals surface area contributed by atoms with E-state index in [-0.39, 0.29) is 0 Å². The Bertz CT molecular complexity index is 464. The van der Waals surface area contributed by atoms with Crippen molar-refractivity contribution < 1.29 is 0 Å². The maximum atomic E-state index is 8.86. The number of nitrogens with one attached hydrogen (secondary N) is 1. The van der Waals surface area contributed by atoms with E-state index in [1.807, 2.05) is 12.1 Å². The zero-order valence-electron chi connectivity index (χ0n) is 12.0. The van der Waals surface area contributed by atoms with Crippen molar-refractivity contribution in [2.45, 2.75) is 50.7 Å². The summed E-state index contributed by atoms with van der Waals surface area (Å²) in [5, 5.41) is 12.5. The van der Waals surface area contributed by atoms with Crippen LogP contribution in [0.15, 0.2) is 24.3 Å². The second-order valence-corrected chi connectivity index (χ2v) is 6.12. The van der Waals surface area contributed by atoms with Gasteiger partial charge in [-0.3, -0.25) is 4.90 Å². The van der Waals surface area contributed by atoms with Crippen molar-refractivity contribution >= 4 is 0 Å². The predicted molar refractivity (Wildman–Crippen MR) is 80.2 cm³/mol. The Labute approximate surface area is 121 Å². The van der Waals surface area contributed by atoms with Gasteiger partial charge < -0.3 is 5.32 Å². The van der Waals surface area contributed by atoms with E-state index in [1.165, 1.54) is 50.8 Å². The second kappa shape index (κ2) is 6.39. The lowest BCUT2D eigenvalue weighted by molar-refractivity contribution is 0.208. The van der Waals surface area contributed by atoms with E-state index in [9.17, 15) is 0 Å². The first kappa shape index (κ1) is 13.6. The molecule has 3 nitrogen and oxygen atoms in total. The molecule has 1 aromatic rings. The maximum absolute atomic E-state index is 8.86. The van der Waals surface area contributed by atoms with E-state index in [1.54, 1.807) is 0 Å². The number of hydrogen-bond acceptors (Lipinski definition) is 3. The van der Waals surface area contributed by atoms with Crippen LogP contribution in [0.4, 0.5) is 0 Å². The van der Waals surface area contributed by atoms with Gasteiger partial charge in [-0.2, -0.15) is 5.26 Å². The monoisotopic (exact) mass is 269 g/mol. The molecule has 1 saturated carbocycles. The zero-order valence-corrected chi connectivity index (χ0v) is 12.0. The Morgan fingerprint density at radius 1 is 1.15 bits per heavy atom. The molecule has 1 heterocycles. The van der Waals surface area contributed by atoms with Crippen molar-refractivity contribution in [1.82, 2.24) is 10.2 Å². The first-order chi connectivity index (χ1) is 9.85. The molecule has 2 fully saturated rings. The molecular formula is C17H23N3. The van der Waals surface area contributed by atoms with Crippen LogP contribution in [0.2, 0.25) is 0 Å². The molecule has 0 spiro atoms. The van der Waals surface area contributed by atoms with Crippen LogP contribution in [0.5, 0.6) is 0 Å². The number of nitrogens with zero attached hydrogens (tertiary/aromatic N) is 2.